The van der Waals surface area contributed by atoms with Crippen LogP contribution in [-0.2, 0) is 15.9 Å². The fourth-order valence-corrected chi connectivity index (χ4v) is 1.52. The van der Waals surface area contributed by atoms with Gasteiger partial charge in [-0.25, -0.2) is 26.7 Å². The second-order valence-electron chi connectivity index (χ2n) is 3.55. The van der Waals surface area contributed by atoms with Crippen LogP contribution in [0.15, 0.2) is 0 Å². The van der Waals surface area contributed by atoms with Gasteiger partial charge in [0.15, 0.2) is 23.3 Å². The van der Waals surface area contributed by atoms with E-state index in [0.29, 0.717) is 0 Å². The molecule has 0 aliphatic carbocycles. The number of hydrogen-bond acceptors (Lipinski definition) is 3. The van der Waals surface area contributed by atoms with Crippen LogP contribution >= 0.6 is 0 Å². The van der Waals surface area contributed by atoms with E-state index in [-0.39, 0.29) is 6.61 Å². The Morgan fingerprint density at radius 3 is 1.89 bits per heavy atom. The molecule has 1 unspecified atom stereocenters. The van der Waals surface area contributed by atoms with Crippen molar-refractivity contribution in [2.45, 2.75) is 12.5 Å². The van der Waals surface area contributed by atoms with Gasteiger partial charge in [-0.2, -0.15) is 0 Å². The van der Waals surface area contributed by atoms with Crippen LogP contribution in [0.2, 0.25) is 0 Å². The molecule has 0 aromatic heterocycles. The van der Waals surface area contributed by atoms with E-state index in [1.807, 2.05) is 0 Å². The van der Waals surface area contributed by atoms with Crippen LogP contribution in [0.4, 0.5) is 26.7 Å². The first-order valence-electron chi connectivity index (χ1n) is 4.75. The van der Waals surface area contributed by atoms with Crippen molar-refractivity contribution in [3.05, 3.63) is 34.6 Å². The zero-order valence-corrected chi connectivity index (χ0v) is 8.61. The normalized spacial score (nSPS) is 18.7. The molecule has 1 heterocycles. The fourth-order valence-electron chi connectivity index (χ4n) is 1.52. The standard InChI is InChI=1S/C10H5F5O3/c11-5-4(1-3-2-17-10(16)18-3)6(12)8(14)9(15)7(5)13/h3H,1-2H2. The van der Waals surface area contributed by atoms with Gasteiger partial charge in [-0.3, -0.25) is 0 Å². The lowest BCUT2D eigenvalue weighted by Gasteiger charge is -2.10. The monoisotopic (exact) mass is 268 g/mol. The summed E-state index contributed by atoms with van der Waals surface area (Å²) in [6, 6.07) is 0. The van der Waals surface area contributed by atoms with Crippen LogP contribution in [-0.4, -0.2) is 18.9 Å². The Morgan fingerprint density at radius 2 is 1.44 bits per heavy atom. The van der Waals surface area contributed by atoms with Crippen molar-refractivity contribution in [1.82, 2.24) is 0 Å². The van der Waals surface area contributed by atoms with Gasteiger partial charge < -0.3 is 9.47 Å². The van der Waals surface area contributed by atoms with E-state index >= 15 is 0 Å². The molecule has 1 aliphatic rings. The highest BCUT2D eigenvalue weighted by atomic mass is 19.2. The van der Waals surface area contributed by atoms with Crippen LogP contribution in [0, 0.1) is 29.1 Å². The fraction of sp³-hybridized carbons (Fsp3) is 0.300. The minimum atomic E-state index is -2.23. The molecule has 1 aromatic rings. The lowest BCUT2D eigenvalue weighted by molar-refractivity contribution is 0.117. The number of carbonyl (C=O) groups is 1. The number of ether oxygens (including phenoxy) is 2. The molecule has 3 nitrogen and oxygen atoms in total. The van der Waals surface area contributed by atoms with E-state index in [9.17, 15) is 26.7 Å². The summed E-state index contributed by atoms with van der Waals surface area (Å²) in [5, 5.41) is 0. The topological polar surface area (TPSA) is 35.5 Å². The van der Waals surface area contributed by atoms with E-state index in [0.717, 1.165) is 0 Å². The van der Waals surface area contributed by atoms with Crippen molar-refractivity contribution >= 4 is 6.16 Å². The van der Waals surface area contributed by atoms with Crippen LogP contribution in [0.25, 0.3) is 0 Å². The van der Waals surface area contributed by atoms with Crippen molar-refractivity contribution in [3.63, 3.8) is 0 Å². The molecule has 8 heteroatoms. The van der Waals surface area contributed by atoms with Gasteiger partial charge in [0.2, 0.25) is 5.82 Å². The third-order valence-electron chi connectivity index (χ3n) is 2.38. The molecule has 1 aromatic carbocycles. The quantitative estimate of drug-likeness (QED) is 0.358. The second kappa shape index (κ2) is 4.43. The minimum absolute atomic E-state index is 0.307. The Hall–Kier alpha value is -1.86. The molecule has 0 N–H and O–H groups in total. The highest BCUT2D eigenvalue weighted by Gasteiger charge is 2.31. The van der Waals surface area contributed by atoms with Crippen molar-refractivity contribution in [2.24, 2.45) is 0 Å². The van der Waals surface area contributed by atoms with E-state index in [1.54, 1.807) is 0 Å². The third kappa shape index (κ3) is 1.98. The molecule has 0 spiro atoms. The molecule has 1 atom stereocenters. The predicted octanol–water partition coefficient (Wildman–Crippen LogP) is 2.46. The molecule has 98 valence electrons. The van der Waals surface area contributed by atoms with Gasteiger partial charge in [0.25, 0.3) is 0 Å². The molecule has 0 saturated carbocycles. The predicted molar refractivity (Wildman–Crippen MR) is 46.2 cm³/mol. The van der Waals surface area contributed by atoms with Gasteiger partial charge in [0.05, 0.1) is 0 Å². The summed E-state index contributed by atoms with van der Waals surface area (Å²) in [6.45, 7) is -0.307. The third-order valence-corrected chi connectivity index (χ3v) is 2.38. The number of halogens is 5. The van der Waals surface area contributed by atoms with Crippen LogP contribution in [0.1, 0.15) is 5.56 Å². The summed E-state index contributed by atoms with van der Waals surface area (Å²) >= 11 is 0. The Labute approximate surface area is 97.1 Å². The van der Waals surface area contributed by atoms with Crippen molar-refractivity contribution < 1.29 is 36.2 Å². The molecule has 2 rings (SSSR count). The van der Waals surface area contributed by atoms with Crippen LogP contribution < -0.4 is 0 Å². The Balaban J connectivity index is 2.36. The van der Waals surface area contributed by atoms with Gasteiger partial charge in [0, 0.05) is 12.0 Å². The first-order chi connectivity index (χ1) is 8.41. The summed E-state index contributed by atoms with van der Waals surface area (Å²) in [4.78, 5) is 10.6. The van der Waals surface area contributed by atoms with E-state index < -0.39 is 53.3 Å². The summed E-state index contributed by atoms with van der Waals surface area (Å²) in [6.07, 6.45) is -2.79. The summed E-state index contributed by atoms with van der Waals surface area (Å²) < 4.78 is 73.7. The van der Waals surface area contributed by atoms with Gasteiger partial charge >= 0.3 is 6.16 Å². The zero-order valence-electron chi connectivity index (χ0n) is 8.61. The average Bonchev–Trinajstić information content (AvgIpc) is 2.75. The number of hydrogen-bond donors (Lipinski definition) is 0. The van der Waals surface area contributed by atoms with E-state index in [4.69, 9.17) is 0 Å². The van der Waals surface area contributed by atoms with Gasteiger partial charge in [-0.1, -0.05) is 0 Å². The molecule has 1 saturated heterocycles. The average molecular weight is 268 g/mol. The highest BCUT2D eigenvalue weighted by molar-refractivity contribution is 5.61. The van der Waals surface area contributed by atoms with Crippen molar-refractivity contribution in [2.75, 3.05) is 6.61 Å². The Kier molecular flexibility index (Phi) is 3.10. The largest absolute Gasteiger partial charge is 0.508 e. The van der Waals surface area contributed by atoms with Crippen LogP contribution in [0.3, 0.4) is 0 Å². The number of rotatable bonds is 2. The molecule has 1 aliphatic heterocycles. The van der Waals surface area contributed by atoms with Crippen molar-refractivity contribution in [3.8, 4) is 0 Å². The number of carbonyl (C=O) groups excluding carboxylic acids is 1. The maximum Gasteiger partial charge on any atom is 0.508 e. The maximum absolute atomic E-state index is 13.3. The number of cyclic esters (lactones) is 2. The molecular weight excluding hydrogens is 263 g/mol. The molecule has 0 bridgehead atoms. The first kappa shape index (κ1) is 12.6. The maximum atomic E-state index is 13.3. The van der Waals surface area contributed by atoms with Gasteiger partial charge in [-0.15, -0.1) is 0 Å². The minimum Gasteiger partial charge on any atom is -0.430 e. The number of benzene rings is 1. The molecular formula is C10H5F5O3. The molecule has 0 radical (unpaired) electrons. The molecule has 0 amide bonds. The van der Waals surface area contributed by atoms with Crippen LogP contribution in [0.5, 0.6) is 0 Å². The smallest absolute Gasteiger partial charge is 0.430 e. The SMILES string of the molecule is O=C1OCC(Cc2c(F)c(F)c(F)c(F)c2F)O1. The first-order valence-corrected chi connectivity index (χ1v) is 4.75. The van der Waals surface area contributed by atoms with Crippen molar-refractivity contribution in [1.29, 1.82) is 0 Å². The van der Waals surface area contributed by atoms with E-state index in [2.05, 4.69) is 9.47 Å². The Bertz CT molecular complexity index is 488. The zero-order chi connectivity index (χ0) is 13.4. The summed E-state index contributed by atoms with van der Waals surface area (Å²) in [7, 11) is 0. The second-order valence-corrected chi connectivity index (χ2v) is 3.55. The molecule has 18 heavy (non-hydrogen) atoms. The van der Waals surface area contributed by atoms with E-state index in [1.165, 1.54) is 0 Å². The summed E-state index contributed by atoms with van der Waals surface area (Å²) in [5.74, 6) is -10.2. The Morgan fingerprint density at radius 1 is 0.944 bits per heavy atom. The lowest BCUT2D eigenvalue weighted by Crippen LogP contribution is -2.18. The summed E-state index contributed by atoms with van der Waals surface area (Å²) in [5.41, 5.74) is -1.03. The lowest BCUT2D eigenvalue weighted by atomic mass is 10.1. The van der Waals surface area contributed by atoms with Gasteiger partial charge in [0.1, 0.15) is 12.7 Å². The van der Waals surface area contributed by atoms with Gasteiger partial charge in [-0.05, 0) is 0 Å². The molecule has 1 fully saturated rings. The highest BCUT2D eigenvalue weighted by Crippen LogP contribution is 2.25.